The maximum Gasteiger partial charge on any atom is 0.249 e. The zero-order valence-electron chi connectivity index (χ0n) is 15.4. The van der Waals surface area contributed by atoms with E-state index in [1.165, 1.54) is 18.9 Å². The maximum atomic E-state index is 12.3. The molecular formula is C20H25N3O3. The molecule has 1 aliphatic carbocycles. The monoisotopic (exact) mass is 355 g/mol. The third kappa shape index (κ3) is 4.25. The average Bonchev–Trinajstić information content (AvgIpc) is 3.39. The van der Waals surface area contributed by atoms with Crippen LogP contribution in [0.15, 0.2) is 36.5 Å². The number of carbonyl (C=O) groups is 1. The van der Waals surface area contributed by atoms with Crippen molar-refractivity contribution in [3.05, 3.63) is 42.1 Å². The Morgan fingerprint density at radius 2 is 2.19 bits per heavy atom. The summed E-state index contributed by atoms with van der Waals surface area (Å²) in [4.78, 5) is 12.3. The maximum absolute atomic E-state index is 12.3. The SMILES string of the molecule is CCOc1cc(/C=C/C(=O)Nc2ccnn2C(C)C2CC2)ccc1OC. The van der Waals surface area contributed by atoms with Crippen LogP contribution in [-0.4, -0.2) is 29.4 Å². The molecule has 0 saturated heterocycles. The summed E-state index contributed by atoms with van der Waals surface area (Å²) < 4.78 is 12.7. The molecule has 0 bridgehead atoms. The van der Waals surface area contributed by atoms with Gasteiger partial charge in [0.2, 0.25) is 5.91 Å². The predicted octanol–water partition coefficient (Wildman–Crippen LogP) is 3.91. The third-order valence-electron chi connectivity index (χ3n) is 4.53. The zero-order chi connectivity index (χ0) is 18.5. The van der Waals surface area contributed by atoms with Crippen LogP contribution in [0.3, 0.4) is 0 Å². The second kappa shape index (κ2) is 8.08. The van der Waals surface area contributed by atoms with Gasteiger partial charge in [-0.05, 0) is 56.4 Å². The topological polar surface area (TPSA) is 65.4 Å². The molecule has 0 spiro atoms. The highest BCUT2D eigenvalue weighted by molar-refractivity contribution is 6.01. The molecule has 3 rings (SSSR count). The van der Waals surface area contributed by atoms with Crippen molar-refractivity contribution in [3.63, 3.8) is 0 Å². The molecule has 1 fully saturated rings. The molecule has 1 aromatic heterocycles. The van der Waals surface area contributed by atoms with Gasteiger partial charge in [-0.2, -0.15) is 5.10 Å². The predicted molar refractivity (Wildman–Crippen MR) is 101 cm³/mol. The van der Waals surface area contributed by atoms with Gasteiger partial charge >= 0.3 is 0 Å². The lowest BCUT2D eigenvalue weighted by Crippen LogP contribution is -2.16. The molecule has 26 heavy (non-hydrogen) atoms. The minimum absolute atomic E-state index is 0.191. The Morgan fingerprint density at radius 1 is 1.38 bits per heavy atom. The number of benzene rings is 1. The Morgan fingerprint density at radius 3 is 2.88 bits per heavy atom. The summed E-state index contributed by atoms with van der Waals surface area (Å²) in [5.74, 6) is 2.53. The van der Waals surface area contributed by atoms with E-state index in [1.807, 2.05) is 35.9 Å². The van der Waals surface area contributed by atoms with Gasteiger partial charge in [0.1, 0.15) is 5.82 Å². The van der Waals surface area contributed by atoms with Crippen molar-refractivity contribution >= 4 is 17.8 Å². The summed E-state index contributed by atoms with van der Waals surface area (Å²) in [5.41, 5.74) is 0.865. The van der Waals surface area contributed by atoms with Crippen molar-refractivity contribution in [3.8, 4) is 11.5 Å². The van der Waals surface area contributed by atoms with Crippen LogP contribution in [0, 0.1) is 5.92 Å². The van der Waals surface area contributed by atoms with Gasteiger partial charge in [0.25, 0.3) is 0 Å². The minimum Gasteiger partial charge on any atom is -0.493 e. The van der Waals surface area contributed by atoms with Gasteiger partial charge in [-0.3, -0.25) is 4.79 Å². The van der Waals surface area contributed by atoms with Crippen molar-refractivity contribution in [2.45, 2.75) is 32.7 Å². The highest BCUT2D eigenvalue weighted by atomic mass is 16.5. The summed E-state index contributed by atoms with van der Waals surface area (Å²) >= 11 is 0. The number of nitrogens with zero attached hydrogens (tertiary/aromatic N) is 2. The van der Waals surface area contributed by atoms with Crippen molar-refractivity contribution < 1.29 is 14.3 Å². The molecule has 1 N–H and O–H groups in total. The van der Waals surface area contributed by atoms with E-state index in [2.05, 4.69) is 17.3 Å². The molecule has 1 aliphatic rings. The second-order valence-electron chi connectivity index (χ2n) is 6.40. The smallest absolute Gasteiger partial charge is 0.249 e. The van der Waals surface area contributed by atoms with Crippen molar-refractivity contribution in [1.29, 1.82) is 0 Å². The average molecular weight is 355 g/mol. The zero-order valence-corrected chi connectivity index (χ0v) is 15.4. The normalized spacial score (nSPS) is 15.0. The van der Waals surface area contributed by atoms with Crippen LogP contribution < -0.4 is 14.8 Å². The van der Waals surface area contributed by atoms with E-state index < -0.39 is 0 Å². The first-order valence-electron chi connectivity index (χ1n) is 8.95. The van der Waals surface area contributed by atoms with E-state index in [1.54, 1.807) is 19.4 Å². The lowest BCUT2D eigenvalue weighted by Gasteiger charge is -2.14. The molecule has 1 unspecified atom stereocenters. The van der Waals surface area contributed by atoms with Crippen LogP contribution >= 0.6 is 0 Å². The van der Waals surface area contributed by atoms with Gasteiger partial charge in [-0.25, -0.2) is 4.68 Å². The summed E-state index contributed by atoms with van der Waals surface area (Å²) in [7, 11) is 1.60. The number of carbonyl (C=O) groups excluding carboxylic acids is 1. The first-order valence-corrected chi connectivity index (χ1v) is 8.95. The second-order valence-corrected chi connectivity index (χ2v) is 6.40. The quantitative estimate of drug-likeness (QED) is 0.729. The molecular weight excluding hydrogens is 330 g/mol. The van der Waals surface area contributed by atoms with Crippen LogP contribution in [0.4, 0.5) is 5.82 Å². The fraction of sp³-hybridized carbons (Fsp3) is 0.400. The highest BCUT2D eigenvalue weighted by Gasteiger charge is 2.30. The molecule has 1 aromatic carbocycles. The first-order chi connectivity index (χ1) is 12.6. The molecule has 1 amide bonds. The Balaban J connectivity index is 1.66. The Hall–Kier alpha value is -2.76. The van der Waals surface area contributed by atoms with Crippen LogP contribution in [-0.2, 0) is 4.79 Å². The fourth-order valence-electron chi connectivity index (χ4n) is 2.92. The Kier molecular flexibility index (Phi) is 5.61. The number of hydrogen-bond donors (Lipinski definition) is 1. The summed E-state index contributed by atoms with van der Waals surface area (Å²) in [6.07, 6.45) is 7.44. The lowest BCUT2D eigenvalue weighted by atomic mass is 10.2. The number of methoxy groups -OCH3 is 1. The van der Waals surface area contributed by atoms with E-state index in [0.29, 0.717) is 30.1 Å². The van der Waals surface area contributed by atoms with Crippen LogP contribution in [0.1, 0.15) is 38.3 Å². The van der Waals surface area contributed by atoms with Crippen LogP contribution in [0.25, 0.3) is 6.08 Å². The largest absolute Gasteiger partial charge is 0.493 e. The van der Waals surface area contributed by atoms with Crippen molar-refractivity contribution in [1.82, 2.24) is 9.78 Å². The molecule has 0 aliphatic heterocycles. The van der Waals surface area contributed by atoms with Crippen molar-refractivity contribution in [2.75, 3.05) is 19.0 Å². The lowest BCUT2D eigenvalue weighted by molar-refractivity contribution is -0.111. The summed E-state index contributed by atoms with van der Waals surface area (Å²) in [6.45, 7) is 4.61. The fourth-order valence-corrected chi connectivity index (χ4v) is 2.92. The number of aromatic nitrogens is 2. The van der Waals surface area contributed by atoms with E-state index in [4.69, 9.17) is 9.47 Å². The van der Waals surface area contributed by atoms with Gasteiger partial charge < -0.3 is 14.8 Å². The molecule has 6 heteroatoms. The number of anilines is 1. The highest BCUT2D eigenvalue weighted by Crippen LogP contribution is 2.40. The van der Waals surface area contributed by atoms with Gasteiger partial charge in [-0.1, -0.05) is 6.07 Å². The number of nitrogens with one attached hydrogen (secondary N) is 1. The molecule has 0 radical (unpaired) electrons. The van der Waals surface area contributed by atoms with Crippen LogP contribution in [0.2, 0.25) is 0 Å². The molecule has 1 atom stereocenters. The summed E-state index contributed by atoms with van der Waals surface area (Å²) in [6, 6.07) is 7.69. The van der Waals surface area contributed by atoms with E-state index in [-0.39, 0.29) is 5.91 Å². The molecule has 1 saturated carbocycles. The molecule has 2 aromatic rings. The number of ether oxygens (including phenoxy) is 2. The molecule has 138 valence electrons. The van der Waals surface area contributed by atoms with Crippen molar-refractivity contribution in [2.24, 2.45) is 5.92 Å². The Bertz CT molecular complexity index is 793. The first kappa shape index (κ1) is 18.0. The minimum atomic E-state index is -0.191. The van der Waals surface area contributed by atoms with Gasteiger partial charge in [0.05, 0.1) is 26.0 Å². The molecule has 1 heterocycles. The third-order valence-corrected chi connectivity index (χ3v) is 4.53. The standard InChI is InChI=1S/C20H25N3O3/c1-4-26-18-13-15(5-9-17(18)25-3)6-10-20(24)22-19-11-12-21-23(19)14(2)16-7-8-16/h5-6,9-14,16H,4,7-8H2,1-3H3,(H,22,24)/b10-6+. The summed E-state index contributed by atoms with van der Waals surface area (Å²) in [5, 5.41) is 7.25. The van der Waals surface area contributed by atoms with E-state index in [0.717, 1.165) is 11.4 Å². The number of hydrogen-bond acceptors (Lipinski definition) is 4. The van der Waals surface area contributed by atoms with Gasteiger partial charge in [0, 0.05) is 12.1 Å². The van der Waals surface area contributed by atoms with E-state index in [9.17, 15) is 4.79 Å². The number of amides is 1. The molecule has 6 nitrogen and oxygen atoms in total. The van der Waals surface area contributed by atoms with Gasteiger partial charge in [0.15, 0.2) is 11.5 Å². The number of rotatable bonds is 8. The van der Waals surface area contributed by atoms with E-state index >= 15 is 0 Å². The van der Waals surface area contributed by atoms with Crippen LogP contribution in [0.5, 0.6) is 11.5 Å². The van der Waals surface area contributed by atoms with Gasteiger partial charge in [-0.15, -0.1) is 0 Å². The Labute approximate surface area is 153 Å².